The molecule has 0 aliphatic carbocycles. The van der Waals surface area contributed by atoms with Gasteiger partial charge in [-0.15, -0.1) is 0 Å². The lowest BCUT2D eigenvalue weighted by atomic mass is 9.85. The molecule has 134 valence electrons. The molecule has 2 rings (SSSR count). The number of benzene rings is 1. The summed E-state index contributed by atoms with van der Waals surface area (Å²) in [5.41, 5.74) is -0.905. The van der Waals surface area contributed by atoms with E-state index in [0.717, 1.165) is 6.08 Å². The number of rotatable bonds is 2. The number of esters is 2. The molecule has 1 aromatic rings. The van der Waals surface area contributed by atoms with Crippen molar-refractivity contribution < 1.29 is 29.1 Å². The van der Waals surface area contributed by atoms with Crippen LogP contribution in [0.1, 0.15) is 45.7 Å². The Labute approximate surface area is 144 Å². The third kappa shape index (κ3) is 3.78. The van der Waals surface area contributed by atoms with E-state index in [1.165, 1.54) is 26.0 Å². The number of nitro benzene ring substituents is 1. The molecule has 0 radical (unpaired) electrons. The fourth-order valence-electron chi connectivity index (χ4n) is 2.26. The molecule has 0 saturated carbocycles. The van der Waals surface area contributed by atoms with E-state index in [2.05, 4.69) is 0 Å². The zero-order chi connectivity index (χ0) is 19.2. The van der Waals surface area contributed by atoms with Crippen molar-refractivity contribution in [2.45, 2.75) is 45.8 Å². The Morgan fingerprint density at radius 2 is 1.68 bits per heavy atom. The first-order valence-corrected chi connectivity index (χ1v) is 7.52. The molecule has 0 amide bonds. The highest BCUT2D eigenvalue weighted by Crippen LogP contribution is 2.37. The zero-order valence-corrected chi connectivity index (χ0v) is 14.6. The lowest BCUT2D eigenvalue weighted by molar-refractivity contribution is -0.386. The van der Waals surface area contributed by atoms with Gasteiger partial charge in [-0.2, -0.15) is 0 Å². The summed E-state index contributed by atoms with van der Waals surface area (Å²) in [5.74, 6) is -3.89. The number of hydrogen-bond donors (Lipinski definition) is 1. The van der Waals surface area contributed by atoms with Gasteiger partial charge in [0, 0.05) is 25.5 Å². The molecule has 1 fully saturated rings. The Hall–Kier alpha value is -2.90. The van der Waals surface area contributed by atoms with E-state index in [9.17, 15) is 24.8 Å². The number of carbonyl (C=O) groups is 2. The lowest BCUT2D eigenvalue weighted by Gasteiger charge is -2.29. The van der Waals surface area contributed by atoms with Crippen LogP contribution in [-0.4, -0.2) is 27.8 Å². The Bertz CT molecular complexity index is 778. The lowest BCUT2D eigenvalue weighted by Crippen LogP contribution is -2.41. The largest absolute Gasteiger partial charge is 0.502 e. The summed E-state index contributed by atoms with van der Waals surface area (Å²) in [5, 5.41) is 21.4. The van der Waals surface area contributed by atoms with E-state index in [1.807, 2.05) is 20.8 Å². The van der Waals surface area contributed by atoms with Gasteiger partial charge in [-0.25, -0.2) is 9.59 Å². The molecule has 25 heavy (non-hydrogen) atoms. The Balaban J connectivity index is 2.63. The molecule has 0 aromatic heterocycles. The Morgan fingerprint density at radius 1 is 1.16 bits per heavy atom. The monoisotopic (exact) mass is 349 g/mol. The maximum atomic E-state index is 12.0. The first kappa shape index (κ1) is 18.4. The van der Waals surface area contributed by atoms with Gasteiger partial charge in [-0.3, -0.25) is 10.1 Å². The molecule has 0 spiro atoms. The maximum absolute atomic E-state index is 12.0. The number of nitro groups is 1. The van der Waals surface area contributed by atoms with Crippen molar-refractivity contribution in [2.24, 2.45) is 0 Å². The minimum atomic E-state index is -1.40. The summed E-state index contributed by atoms with van der Waals surface area (Å²) < 4.78 is 9.96. The van der Waals surface area contributed by atoms with Crippen LogP contribution in [0.2, 0.25) is 0 Å². The van der Waals surface area contributed by atoms with Crippen molar-refractivity contribution in [1.29, 1.82) is 0 Å². The second kappa shape index (κ2) is 5.87. The molecule has 1 aromatic carbocycles. The van der Waals surface area contributed by atoms with Crippen LogP contribution >= 0.6 is 0 Å². The van der Waals surface area contributed by atoms with Crippen molar-refractivity contribution in [3.05, 3.63) is 38.9 Å². The SMILES string of the molecule is CC1(C)OC(=O)C(=Cc2cc(C(C)(C)C)cc([N+](=O)[O-])c2O)C(=O)O1. The van der Waals surface area contributed by atoms with Crippen LogP contribution in [0.25, 0.3) is 6.08 Å². The Kier molecular flexibility index (Phi) is 4.33. The minimum Gasteiger partial charge on any atom is -0.502 e. The van der Waals surface area contributed by atoms with Gasteiger partial charge in [0.1, 0.15) is 5.57 Å². The van der Waals surface area contributed by atoms with E-state index in [-0.39, 0.29) is 5.56 Å². The first-order valence-electron chi connectivity index (χ1n) is 7.52. The number of phenolic OH excluding ortho intramolecular Hbond substituents is 1. The summed E-state index contributed by atoms with van der Waals surface area (Å²) in [7, 11) is 0. The molecule has 8 heteroatoms. The van der Waals surface area contributed by atoms with Gasteiger partial charge in [0.15, 0.2) is 0 Å². The average molecular weight is 349 g/mol. The summed E-state index contributed by atoms with van der Waals surface area (Å²) in [4.78, 5) is 34.5. The highest BCUT2D eigenvalue weighted by Gasteiger charge is 2.39. The van der Waals surface area contributed by atoms with E-state index >= 15 is 0 Å². The van der Waals surface area contributed by atoms with Crippen LogP contribution in [-0.2, 0) is 24.5 Å². The molecule has 1 N–H and O–H groups in total. The molecular formula is C17H19NO7. The topological polar surface area (TPSA) is 116 Å². The van der Waals surface area contributed by atoms with Crippen LogP contribution in [0.4, 0.5) is 5.69 Å². The number of carbonyl (C=O) groups excluding carboxylic acids is 2. The van der Waals surface area contributed by atoms with E-state index < -0.39 is 45.1 Å². The summed E-state index contributed by atoms with van der Waals surface area (Å²) in [6, 6.07) is 2.74. The van der Waals surface area contributed by atoms with Gasteiger partial charge < -0.3 is 14.6 Å². The quantitative estimate of drug-likeness (QED) is 0.287. The van der Waals surface area contributed by atoms with Gasteiger partial charge >= 0.3 is 17.6 Å². The molecule has 1 aliphatic rings. The summed E-state index contributed by atoms with van der Waals surface area (Å²) in [6.45, 7) is 8.33. The van der Waals surface area contributed by atoms with Gasteiger partial charge in [0.2, 0.25) is 5.75 Å². The molecule has 8 nitrogen and oxygen atoms in total. The number of hydrogen-bond acceptors (Lipinski definition) is 7. The second-order valence-corrected chi connectivity index (χ2v) is 7.18. The highest BCUT2D eigenvalue weighted by molar-refractivity contribution is 6.19. The van der Waals surface area contributed by atoms with Crippen LogP contribution < -0.4 is 0 Å². The van der Waals surface area contributed by atoms with Gasteiger partial charge in [0.05, 0.1) is 4.92 Å². The number of ether oxygens (including phenoxy) is 2. The van der Waals surface area contributed by atoms with Crippen molar-refractivity contribution in [3.8, 4) is 5.75 Å². The minimum absolute atomic E-state index is 0.0391. The predicted molar refractivity (Wildman–Crippen MR) is 87.7 cm³/mol. The molecule has 1 saturated heterocycles. The maximum Gasteiger partial charge on any atom is 0.348 e. The van der Waals surface area contributed by atoms with E-state index in [0.29, 0.717) is 5.56 Å². The molecule has 0 unspecified atom stereocenters. The molecule has 0 atom stereocenters. The third-order valence-corrected chi connectivity index (χ3v) is 3.60. The molecule has 0 bridgehead atoms. The van der Waals surface area contributed by atoms with Crippen LogP contribution in [0.5, 0.6) is 5.75 Å². The molecule has 1 aliphatic heterocycles. The zero-order valence-electron chi connectivity index (χ0n) is 14.6. The number of aromatic hydroxyl groups is 1. The summed E-state index contributed by atoms with van der Waals surface area (Å²) in [6.07, 6.45) is 1.04. The normalized spacial score (nSPS) is 16.9. The van der Waals surface area contributed by atoms with Crippen LogP contribution in [0, 0.1) is 10.1 Å². The van der Waals surface area contributed by atoms with Crippen LogP contribution in [0.3, 0.4) is 0 Å². The molecule has 1 heterocycles. The fourth-order valence-corrected chi connectivity index (χ4v) is 2.26. The van der Waals surface area contributed by atoms with Crippen LogP contribution in [0.15, 0.2) is 17.7 Å². The first-order chi connectivity index (χ1) is 11.3. The number of phenols is 1. The van der Waals surface area contributed by atoms with E-state index in [1.54, 1.807) is 0 Å². The van der Waals surface area contributed by atoms with E-state index in [4.69, 9.17) is 9.47 Å². The van der Waals surface area contributed by atoms with Crippen molar-refractivity contribution in [1.82, 2.24) is 0 Å². The molecular weight excluding hydrogens is 330 g/mol. The van der Waals surface area contributed by atoms with Gasteiger partial charge in [0.25, 0.3) is 5.79 Å². The average Bonchev–Trinajstić information content (AvgIpc) is 2.41. The van der Waals surface area contributed by atoms with Gasteiger partial charge in [-0.05, 0) is 23.1 Å². The number of cyclic esters (lactones) is 2. The third-order valence-electron chi connectivity index (χ3n) is 3.60. The smallest absolute Gasteiger partial charge is 0.348 e. The fraction of sp³-hybridized carbons (Fsp3) is 0.412. The Morgan fingerprint density at radius 3 is 2.12 bits per heavy atom. The van der Waals surface area contributed by atoms with Crippen molar-refractivity contribution in [2.75, 3.05) is 0 Å². The number of nitrogens with zero attached hydrogens (tertiary/aromatic N) is 1. The van der Waals surface area contributed by atoms with Crippen molar-refractivity contribution in [3.63, 3.8) is 0 Å². The van der Waals surface area contributed by atoms with Crippen molar-refractivity contribution >= 4 is 23.7 Å². The highest BCUT2D eigenvalue weighted by atomic mass is 16.7. The second-order valence-electron chi connectivity index (χ2n) is 7.18. The predicted octanol–water partition coefficient (Wildman–Crippen LogP) is 2.82. The van der Waals surface area contributed by atoms with Gasteiger partial charge in [-0.1, -0.05) is 20.8 Å². The summed E-state index contributed by atoms with van der Waals surface area (Å²) >= 11 is 0. The standard InChI is InChI=1S/C17H19NO7/c1-16(2,3)10-6-9(13(19)12(8-10)18(22)23)7-11-14(20)24-17(4,5)25-15(11)21/h6-8,19H,1-5H3.